The zero-order valence-corrected chi connectivity index (χ0v) is 11.8. The Labute approximate surface area is 119 Å². The number of carboxylic acids is 1. The molecule has 20 heavy (non-hydrogen) atoms. The number of nitrogens with zero attached hydrogens (tertiary/aromatic N) is 1. The third kappa shape index (κ3) is 5.36. The third-order valence-electron chi connectivity index (χ3n) is 3.94. The van der Waals surface area contributed by atoms with E-state index in [2.05, 4.69) is 5.32 Å². The number of ether oxygens (including phenoxy) is 1. The van der Waals surface area contributed by atoms with Crippen LogP contribution >= 0.6 is 0 Å². The fourth-order valence-corrected chi connectivity index (χ4v) is 2.46. The van der Waals surface area contributed by atoms with Gasteiger partial charge in [-0.15, -0.1) is 0 Å². The Hall–Kier alpha value is -1.30. The number of amides is 2. The van der Waals surface area contributed by atoms with E-state index < -0.39 is 5.97 Å². The fraction of sp³-hybridized carbons (Fsp3) is 0.857. The number of carbonyl (C=O) groups is 2. The molecule has 1 aliphatic carbocycles. The minimum absolute atomic E-state index is 0.0613. The molecule has 2 N–H and O–H groups in total. The molecule has 2 fully saturated rings. The number of piperidine rings is 1. The van der Waals surface area contributed by atoms with Crippen molar-refractivity contribution >= 4 is 12.0 Å². The number of carbonyl (C=O) groups excluding carboxylic acids is 1. The minimum atomic E-state index is -0.749. The van der Waals surface area contributed by atoms with E-state index in [9.17, 15) is 9.59 Å². The first-order chi connectivity index (χ1) is 9.65. The molecule has 1 aliphatic heterocycles. The normalized spacial score (nSPS) is 19.9. The van der Waals surface area contributed by atoms with Crippen LogP contribution in [0.25, 0.3) is 0 Å². The average molecular weight is 284 g/mol. The van der Waals surface area contributed by atoms with Gasteiger partial charge in [0.1, 0.15) is 0 Å². The van der Waals surface area contributed by atoms with Crippen molar-refractivity contribution in [2.45, 2.75) is 32.1 Å². The van der Waals surface area contributed by atoms with Crippen LogP contribution in [-0.4, -0.2) is 54.9 Å². The van der Waals surface area contributed by atoms with E-state index >= 15 is 0 Å². The van der Waals surface area contributed by atoms with E-state index in [4.69, 9.17) is 9.84 Å². The van der Waals surface area contributed by atoms with E-state index in [-0.39, 0.29) is 18.4 Å². The second kappa shape index (κ2) is 7.47. The predicted molar refractivity (Wildman–Crippen MR) is 73.5 cm³/mol. The van der Waals surface area contributed by atoms with E-state index in [0.29, 0.717) is 26.2 Å². The van der Waals surface area contributed by atoms with Crippen LogP contribution in [0.15, 0.2) is 0 Å². The fourth-order valence-electron chi connectivity index (χ4n) is 2.46. The highest BCUT2D eigenvalue weighted by Gasteiger charge is 2.24. The monoisotopic (exact) mass is 284 g/mol. The van der Waals surface area contributed by atoms with Crippen molar-refractivity contribution in [3.8, 4) is 0 Å². The molecule has 2 rings (SSSR count). The number of rotatable bonds is 7. The molecule has 114 valence electrons. The summed E-state index contributed by atoms with van der Waals surface area (Å²) in [7, 11) is 0. The highest BCUT2D eigenvalue weighted by Crippen LogP contribution is 2.28. The summed E-state index contributed by atoms with van der Waals surface area (Å²) in [6.45, 7) is 3.22. The summed E-state index contributed by atoms with van der Waals surface area (Å²) in [6.07, 6.45) is 4.32. The van der Waals surface area contributed by atoms with Crippen LogP contribution in [0.3, 0.4) is 0 Å². The van der Waals surface area contributed by atoms with Crippen LogP contribution in [0, 0.1) is 11.8 Å². The third-order valence-corrected chi connectivity index (χ3v) is 3.94. The standard InChI is InChI=1S/C14H24N2O4/c17-13(18)9-11-3-6-16(7-4-11)14(19)15-5-8-20-10-12-1-2-12/h11-12H,1-10H2,(H,15,19)(H,17,18). The molecule has 0 spiro atoms. The minimum Gasteiger partial charge on any atom is -0.481 e. The van der Waals surface area contributed by atoms with Crippen LogP contribution in [0.4, 0.5) is 4.79 Å². The molecule has 0 aromatic rings. The highest BCUT2D eigenvalue weighted by atomic mass is 16.5. The molecule has 2 aliphatic rings. The summed E-state index contributed by atoms with van der Waals surface area (Å²) in [5.74, 6) is 0.207. The molecule has 6 heteroatoms. The number of likely N-dealkylation sites (tertiary alicyclic amines) is 1. The Morgan fingerprint density at radius 2 is 1.85 bits per heavy atom. The molecule has 0 bridgehead atoms. The Balaban J connectivity index is 1.53. The summed E-state index contributed by atoms with van der Waals surface area (Å²) in [4.78, 5) is 24.3. The first-order valence-electron chi connectivity index (χ1n) is 7.47. The van der Waals surface area contributed by atoms with E-state index in [1.54, 1.807) is 4.90 Å². The quantitative estimate of drug-likeness (QED) is 0.691. The molecule has 0 aromatic carbocycles. The lowest BCUT2D eigenvalue weighted by molar-refractivity contribution is -0.138. The Kier molecular flexibility index (Phi) is 5.64. The molecule has 0 aromatic heterocycles. The lowest BCUT2D eigenvalue weighted by atomic mass is 9.94. The summed E-state index contributed by atoms with van der Waals surface area (Å²) < 4.78 is 5.46. The van der Waals surface area contributed by atoms with E-state index in [1.165, 1.54) is 12.8 Å². The van der Waals surface area contributed by atoms with Gasteiger partial charge in [-0.05, 0) is 37.5 Å². The molecule has 1 heterocycles. The number of nitrogens with one attached hydrogen (secondary N) is 1. The predicted octanol–water partition coefficient (Wildman–Crippen LogP) is 1.31. The molecular formula is C14H24N2O4. The van der Waals surface area contributed by atoms with Crippen molar-refractivity contribution in [1.82, 2.24) is 10.2 Å². The molecule has 1 saturated heterocycles. The maximum absolute atomic E-state index is 11.9. The van der Waals surface area contributed by atoms with Gasteiger partial charge in [0.2, 0.25) is 0 Å². The Bertz CT molecular complexity index is 336. The maximum Gasteiger partial charge on any atom is 0.317 e. The molecule has 0 atom stereocenters. The largest absolute Gasteiger partial charge is 0.481 e. The molecule has 1 saturated carbocycles. The summed E-state index contributed by atoms with van der Waals surface area (Å²) in [6, 6.07) is -0.0613. The first kappa shape index (κ1) is 15.1. The van der Waals surface area contributed by atoms with Gasteiger partial charge in [0.15, 0.2) is 0 Å². The average Bonchev–Trinajstić information content (AvgIpc) is 3.22. The lowest BCUT2D eigenvalue weighted by Gasteiger charge is -2.31. The number of hydrogen-bond donors (Lipinski definition) is 2. The highest BCUT2D eigenvalue weighted by molar-refractivity contribution is 5.74. The Morgan fingerprint density at radius 3 is 2.45 bits per heavy atom. The number of aliphatic carboxylic acids is 1. The van der Waals surface area contributed by atoms with Crippen LogP contribution < -0.4 is 5.32 Å². The van der Waals surface area contributed by atoms with Gasteiger partial charge in [0.05, 0.1) is 6.61 Å². The van der Waals surface area contributed by atoms with Crippen LogP contribution in [0.2, 0.25) is 0 Å². The molecular weight excluding hydrogens is 260 g/mol. The van der Waals surface area contributed by atoms with Crippen molar-refractivity contribution in [2.75, 3.05) is 32.8 Å². The van der Waals surface area contributed by atoms with Gasteiger partial charge in [-0.3, -0.25) is 4.79 Å². The van der Waals surface area contributed by atoms with Gasteiger partial charge >= 0.3 is 12.0 Å². The van der Waals surface area contributed by atoms with Gasteiger partial charge in [-0.1, -0.05) is 0 Å². The topological polar surface area (TPSA) is 78.9 Å². The van der Waals surface area contributed by atoms with Gasteiger partial charge in [0.25, 0.3) is 0 Å². The molecule has 0 radical (unpaired) electrons. The number of carboxylic acid groups (broad SMARTS) is 1. The van der Waals surface area contributed by atoms with Crippen LogP contribution in [-0.2, 0) is 9.53 Å². The van der Waals surface area contributed by atoms with Gasteiger partial charge in [0, 0.05) is 32.7 Å². The van der Waals surface area contributed by atoms with Gasteiger partial charge in [-0.2, -0.15) is 0 Å². The van der Waals surface area contributed by atoms with E-state index in [0.717, 1.165) is 25.4 Å². The van der Waals surface area contributed by atoms with Crippen molar-refractivity contribution in [3.05, 3.63) is 0 Å². The summed E-state index contributed by atoms with van der Waals surface area (Å²) in [5.41, 5.74) is 0. The smallest absolute Gasteiger partial charge is 0.317 e. The van der Waals surface area contributed by atoms with Crippen LogP contribution in [0.5, 0.6) is 0 Å². The van der Waals surface area contributed by atoms with Gasteiger partial charge < -0.3 is 20.1 Å². The molecule has 0 unspecified atom stereocenters. The lowest BCUT2D eigenvalue weighted by Crippen LogP contribution is -2.45. The zero-order chi connectivity index (χ0) is 14.4. The number of urea groups is 1. The summed E-state index contributed by atoms with van der Waals surface area (Å²) >= 11 is 0. The second-order valence-corrected chi connectivity index (χ2v) is 5.78. The first-order valence-corrected chi connectivity index (χ1v) is 7.47. The second-order valence-electron chi connectivity index (χ2n) is 5.78. The van der Waals surface area contributed by atoms with Crippen molar-refractivity contribution in [3.63, 3.8) is 0 Å². The molecule has 2 amide bonds. The maximum atomic E-state index is 11.9. The zero-order valence-electron chi connectivity index (χ0n) is 11.8. The molecule has 6 nitrogen and oxygen atoms in total. The summed E-state index contributed by atoms with van der Waals surface area (Å²) in [5, 5.41) is 11.6. The van der Waals surface area contributed by atoms with Gasteiger partial charge in [-0.25, -0.2) is 4.79 Å². The van der Waals surface area contributed by atoms with Crippen LogP contribution in [0.1, 0.15) is 32.1 Å². The SMILES string of the molecule is O=C(O)CC1CCN(C(=O)NCCOCC2CC2)CC1. The van der Waals surface area contributed by atoms with Crippen molar-refractivity contribution in [1.29, 1.82) is 0 Å². The number of hydrogen-bond acceptors (Lipinski definition) is 3. The van der Waals surface area contributed by atoms with E-state index in [1.807, 2.05) is 0 Å². The van der Waals surface area contributed by atoms with Crippen molar-refractivity contribution in [2.24, 2.45) is 11.8 Å². The Morgan fingerprint density at radius 1 is 1.15 bits per heavy atom. The van der Waals surface area contributed by atoms with Crippen molar-refractivity contribution < 1.29 is 19.4 Å².